The van der Waals surface area contributed by atoms with Crippen molar-refractivity contribution in [1.29, 1.82) is 0 Å². The number of esters is 1. The maximum Gasteiger partial charge on any atom is 0.339 e. The van der Waals surface area contributed by atoms with E-state index in [0.29, 0.717) is 17.1 Å². The van der Waals surface area contributed by atoms with Gasteiger partial charge in [0, 0.05) is 17.0 Å². The molecule has 0 aliphatic carbocycles. The van der Waals surface area contributed by atoms with Gasteiger partial charge in [0.05, 0.1) is 12.2 Å². The first-order valence-electron chi connectivity index (χ1n) is 6.67. The summed E-state index contributed by atoms with van der Waals surface area (Å²) < 4.78 is 6.44. The van der Waals surface area contributed by atoms with E-state index in [0.717, 1.165) is 24.8 Å². The van der Waals surface area contributed by atoms with E-state index in [9.17, 15) is 15.0 Å². The maximum absolute atomic E-state index is 12.1. The molecule has 0 fully saturated rings. The highest BCUT2D eigenvalue weighted by molar-refractivity contribution is 7.98. The van der Waals surface area contributed by atoms with Crippen LogP contribution in [-0.2, 0) is 4.74 Å². The van der Waals surface area contributed by atoms with E-state index in [4.69, 9.17) is 4.74 Å². The summed E-state index contributed by atoms with van der Waals surface area (Å²) in [7, 11) is 0. The van der Waals surface area contributed by atoms with Crippen molar-refractivity contribution in [2.45, 2.75) is 24.7 Å². The predicted molar refractivity (Wildman–Crippen MR) is 80.6 cm³/mol. The lowest BCUT2D eigenvalue weighted by molar-refractivity contribution is 0.0495. The molecule has 2 rings (SSSR count). The average molecular weight is 307 g/mol. The molecule has 6 heteroatoms. The van der Waals surface area contributed by atoms with Crippen LogP contribution in [0.3, 0.4) is 0 Å². The second-order valence-electron chi connectivity index (χ2n) is 4.42. The third kappa shape index (κ3) is 3.72. The van der Waals surface area contributed by atoms with Gasteiger partial charge in [-0.3, -0.25) is 0 Å². The Morgan fingerprint density at radius 3 is 2.52 bits per heavy atom. The van der Waals surface area contributed by atoms with Gasteiger partial charge in [-0.25, -0.2) is 8.77 Å². The Morgan fingerprint density at radius 1 is 1.19 bits per heavy atom. The van der Waals surface area contributed by atoms with Crippen molar-refractivity contribution in [2.24, 2.45) is 0 Å². The normalized spacial score (nSPS) is 10.5. The average Bonchev–Trinajstić information content (AvgIpc) is 2.80. The van der Waals surface area contributed by atoms with Crippen molar-refractivity contribution >= 4 is 17.9 Å². The molecule has 0 atom stereocenters. The molecule has 1 heterocycles. The smallest absolute Gasteiger partial charge is 0.339 e. The van der Waals surface area contributed by atoms with Crippen molar-refractivity contribution in [1.82, 2.24) is 3.97 Å². The quantitative estimate of drug-likeness (QED) is 0.632. The molecule has 2 N–H and O–H groups in total. The fourth-order valence-electron chi connectivity index (χ4n) is 1.70. The van der Waals surface area contributed by atoms with E-state index in [1.54, 1.807) is 24.3 Å². The molecule has 0 bridgehead atoms. The van der Waals surface area contributed by atoms with Crippen LogP contribution < -0.4 is 0 Å². The van der Waals surface area contributed by atoms with Gasteiger partial charge in [-0.15, -0.1) is 0 Å². The highest BCUT2D eigenvalue weighted by Gasteiger charge is 2.16. The third-order valence-corrected chi connectivity index (χ3v) is 3.93. The zero-order chi connectivity index (χ0) is 15.2. The summed E-state index contributed by atoms with van der Waals surface area (Å²) in [4.78, 5) is 12.7. The number of carbonyl (C=O) groups is 1. The number of aromatic hydroxyl groups is 2. The first-order chi connectivity index (χ1) is 10.1. The first-order valence-corrected chi connectivity index (χ1v) is 7.45. The Hall–Kier alpha value is -2.08. The zero-order valence-corrected chi connectivity index (χ0v) is 12.5. The summed E-state index contributed by atoms with van der Waals surface area (Å²) >= 11 is 1.06. The van der Waals surface area contributed by atoms with Gasteiger partial charge >= 0.3 is 5.97 Å². The SMILES string of the molecule is CCCCOC(=O)c1ccccc1Sn1c(O)ccc1O. The molecule has 0 aliphatic rings. The number of benzene rings is 1. The molecule has 0 radical (unpaired) electrons. The first kappa shape index (κ1) is 15.3. The molecular formula is C15H17NO4S. The van der Waals surface area contributed by atoms with Gasteiger partial charge in [0.25, 0.3) is 0 Å². The highest BCUT2D eigenvalue weighted by atomic mass is 32.2. The van der Waals surface area contributed by atoms with Crippen LogP contribution in [0.15, 0.2) is 41.3 Å². The molecule has 0 unspecified atom stereocenters. The summed E-state index contributed by atoms with van der Waals surface area (Å²) in [5, 5.41) is 19.3. The molecule has 1 aromatic heterocycles. The van der Waals surface area contributed by atoms with Crippen LogP contribution in [0.25, 0.3) is 0 Å². The van der Waals surface area contributed by atoms with Crippen LogP contribution in [0, 0.1) is 0 Å². The molecular weight excluding hydrogens is 290 g/mol. The van der Waals surface area contributed by atoms with E-state index in [-0.39, 0.29) is 11.8 Å². The number of hydrogen-bond donors (Lipinski definition) is 2. The second kappa shape index (κ2) is 7.08. The lowest BCUT2D eigenvalue weighted by Gasteiger charge is -2.10. The molecule has 2 aromatic rings. The maximum atomic E-state index is 12.1. The summed E-state index contributed by atoms with van der Waals surface area (Å²) in [6.07, 6.45) is 1.77. The standard InChI is InChI=1S/C15H17NO4S/c1-2-3-10-20-15(19)11-6-4-5-7-12(11)21-16-13(17)8-9-14(16)18/h4-9,17-18H,2-3,10H2,1H3. The number of nitrogens with zero attached hydrogens (tertiary/aromatic N) is 1. The van der Waals surface area contributed by atoms with Crippen molar-refractivity contribution in [3.63, 3.8) is 0 Å². The van der Waals surface area contributed by atoms with Gasteiger partial charge in [0.2, 0.25) is 11.8 Å². The Morgan fingerprint density at radius 2 is 1.86 bits per heavy atom. The van der Waals surface area contributed by atoms with Crippen LogP contribution in [0.5, 0.6) is 11.8 Å². The number of aromatic nitrogens is 1. The van der Waals surface area contributed by atoms with Crippen molar-refractivity contribution in [3.8, 4) is 11.8 Å². The predicted octanol–water partition coefficient (Wildman–Crippen LogP) is 3.41. The minimum Gasteiger partial charge on any atom is -0.494 e. The molecule has 0 amide bonds. The van der Waals surface area contributed by atoms with E-state index in [2.05, 4.69) is 0 Å². The lowest BCUT2D eigenvalue weighted by Crippen LogP contribution is -2.08. The highest BCUT2D eigenvalue weighted by Crippen LogP contribution is 2.34. The van der Waals surface area contributed by atoms with Crippen LogP contribution in [0.1, 0.15) is 30.1 Å². The molecule has 21 heavy (non-hydrogen) atoms. The van der Waals surface area contributed by atoms with Gasteiger partial charge < -0.3 is 14.9 Å². The second-order valence-corrected chi connectivity index (χ2v) is 5.41. The van der Waals surface area contributed by atoms with E-state index >= 15 is 0 Å². The summed E-state index contributed by atoms with van der Waals surface area (Å²) in [5.41, 5.74) is 0.408. The number of unbranched alkanes of at least 4 members (excludes halogenated alkanes) is 1. The third-order valence-electron chi connectivity index (χ3n) is 2.83. The van der Waals surface area contributed by atoms with Gasteiger partial charge in [0.1, 0.15) is 0 Å². The van der Waals surface area contributed by atoms with Gasteiger partial charge in [-0.1, -0.05) is 25.5 Å². The Labute approximate surface area is 127 Å². The molecule has 112 valence electrons. The number of ether oxygens (including phenoxy) is 1. The fraction of sp³-hybridized carbons (Fsp3) is 0.267. The largest absolute Gasteiger partial charge is 0.494 e. The molecule has 0 aliphatic heterocycles. The minimum atomic E-state index is -0.405. The van der Waals surface area contributed by atoms with Crippen molar-refractivity contribution in [2.75, 3.05) is 6.61 Å². The van der Waals surface area contributed by atoms with Crippen LogP contribution in [0.4, 0.5) is 0 Å². The number of hydrogen-bond acceptors (Lipinski definition) is 5. The van der Waals surface area contributed by atoms with E-state index in [1.165, 1.54) is 16.1 Å². The Bertz CT molecular complexity index is 604. The van der Waals surface area contributed by atoms with Crippen LogP contribution in [0.2, 0.25) is 0 Å². The van der Waals surface area contributed by atoms with E-state index < -0.39 is 5.97 Å². The van der Waals surface area contributed by atoms with Gasteiger partial charge in [-0.2, -0.15) is 0 Å². The molecule has 5 nitrogen and oxygen atoms in total. The van der Waals surface area contributed by atoms with E-state index in [1.807, 2.05) is 6.92 Å². The fourth-order valence-corrected chi connectivity index (χ4v) is 2.59. The van der Waals surface area contributed by atoms with Crippen molar-refractivity contribution in [3.05, 3.63) is 42.0 Å². The lowest BCUT2D eigenvalue weighted by atomic mass is 10.2. The molecule has 1 aromatic carbocycles. The summed E-state index contributed by atoms with van der Waals surface area (Å²) in [5.74, 6) is -0.587. The Balaban J connectivity index is 2.19. The van der Waals surface area contributed by atoms with Crippen molar-refractivity contribution < 1.29 is 19.7 Å². The topological polar surface area (TPSA) is 71.7 Å². The van der Waals surface area contributed by atoms with Crippen LogP contribution >= 0.6 is 11.9 Å². The summed E-state index contributed by atoms with van der Waals surface area (Å²) in [6, 6.07) is 9.68. The molecule has 0 saturated heterocycles. The molecule has 0 spiro atoms. The monoisotopic (exact) mass is 307 g/mol. The summed E-state index contributed by atoms with van der Waals surface area (Å²) in [6.45, 7) is 2.41. The van der Waals surface area contributed by atoms with Gasteiger partial charge in [-0.05, 0) is 30.5 Å². The zero-order valence-electron chi connectivity index (χ0n) is 11.7. The number of rotatable bonds is 6. The Kier molecular flexibility index (Phi) is 5.16. The van der Waals surface area contributed by atoms with Gasteiger partial charge in [0.15, 0.2) is 0 Å². The number of carbonyl (C=O) groups excluding carboxylic acids is 1. The molecule has 0 saturated carbocycles. The van der Waals surface area contributed by atoms with Crippen LogP contribution in [-0.4, -0.2) is 26.8 Å². The minimum absolute atomic E-state index is 0.0911.